The van der Waals surface area contributed by atoms with Gasteiger partial charge in [-0.2, -0.15) is 0 Å². The molecule has 0 unspecified atom stereocenters. The Labute approximate surface area is 142 Å². The van der Waals surface area contributed by atoms with E-state index in [-0.39, 0.29) is 12.3 Å². The summed E-state index contributed by atoms with van der Waals surface area (Å²) in [6.45, 7) is 2.13. The normalized spacial score (nSPS) is 10.5. The summed E-state index contributed by atoms with van der Waals surface area (Å²) in [6.07, 6.45) is 2.93. The molecule has 0 spiro atoms. The van der Waals surface area contributed by atoms with Crippen LogP contribution in [0.1, 0.15) is 18.2 Å². The van der Waals surface area contributed by atoms with Crippen molar-refractivity contribution in [2.45, 2.75) is 19.8 Å². The van der Waals surface area contributed by atoms with Gasteiger partial charge in [-0.15, -0.1) is 22.7 Å². The summed E-state index contributed by atoms with van der Waals surface area (Å²) in [5.74, 6) is -0.107. The highest BCUT2D eigenvalue weighted by molar-refractivity contribution is 7.14. The summed E-state index contributed by atoms with van der Waals surface area (Å²) < 4.78 is 0. The van der Waals surface area contributed by atoms with Gasteiger partial charge in [0.15, 0.2) is 10.3 Å². The van der Waals surface area contributed by atoms with E-state index in [4.69, 9.17) is 0 Å². The van der Waals surface area contributed by atoms with Crippen molar-refractivity contribution < 1.29 is 4.79 Å². The fourth-order valence-electron chi connectivity index (χ4n) is 2.01. The summed E-state index contributed by atoms with van der Waals surface area (Å²) in [5.41, 5.74) is 3.04. The van der Waals surface area contributed by atoms with Crippen LogP contribution < -0.4 is 10.6 Å². The number of nitrogens with one attached hydrogen (secondary N) is 2. The van der Waals surface area contributed by atoms with Gasteiger partial charge in [-0.3, -0.25) is 4.79 Å². The number of rotatable bonds is 6. The van der Waals surface area contributed by atoms with E-state index < -0.39 is 0 Å². The number of benzene rings is 1. The molecule has 118 valence electrons. The van der Waals surface area contributed by atoms with E-state index in [0.717, 1.165) is 22.9 Å². The Hall–Kier alpha value is -2.25. The number of amides is 1. The van der Waals surface area contributed by atoms with E-state index in [1.165, 1.54) is 28.2 Å². The third-order valence-corrected chi connectivity index (χ3v) is 4.68. The molecule has 0 saturated carbocycles. The zero-order valence-corrected chi connectivity index (χ0v) is 14.2. The van der Waals surface area contributed by atoms with E-state index in [1.807, 2.05) is 22.9 Å². The highest BCUT2D eigenvalue weighted by Gasteiger charge is 2.09. The minimum atomic E-state index is -0.107. The summed E-state index contributed by atoms with van der Waals surface area (Å²) in [7, 11) is 0. The summed E-state index contributed by atoms with van der Waals surface area (Å²) in [4.78, 5) is 20.4. The van der Waals surface area contributed by atoms with Crippen molar-refractivity contribution >= 4 is 44.5 Å². The molecule has 0 fully saturated rings. The van der Waals surface area contributed by atoms with Gasteiger partial charge in [0.05, 0.1) is 12.1 Å². The minimum absolute atomic E-state index is 0.107. The Morgan fingerprint density at radius 1 is 1.17 bits per heavy atom. The average Bonchev–Trinajstić information content (AvgIpc) is 3.20. The number of nitrogens with zero attached hydrogens (tertiary/aromatic N) is 2. The lowest BCUT2D eigenvalue weighted by molar-refractivity contribution is -0.115. The van der Waals surface area contributed by atoms with Gasteiger partial charge in [0.25, 0.3) is 0 Å². The second-order valence-electron chi connectivity index (χ2n) is 4.88. The predicted octanol–water partition coefficient (Wildman–Crippen LogP) is 4.09. The van der Waals surface area contributed by atoms with Gasteiger partial charge >= 0.3 is 0 Å². The topological polar surface area (TPSA) is 66.9 Å². The standard InChI is InChI=1S/C16H16N4OS2/c1-2-11-3-5-12(6-4-11)18-16-19-13(10-23-16)9-14(21)20-15-17-7-8-22-15/h3-8,10H,2,9H2,1H3,(H,18,19)(H,17,20,21). The lowest BCUT2D eigenvalue weighted by Gasteiger charge is -2.03. The lowest BCUT2D eigenvalue weighted by atomic mass is 10.1. The molecule has 7 heteroatoms. The van der Waals surface area contributed by atoms with Gasteiger partial charge in [-0.05, 0) is 24.1 Å². The van der Waals surface area contributed by atoms with Crippen LogP contribution in [0, 0.1) is 0 Å². The molecule has 0 atom stereocenters. The van der Waals surface area contributed by atoms with Gasteiger partial charge in [-0.25, -0.2) is 9.97 Å². The molecular weight excluding hydrogens is 328 g/mol. The van der Waals surface area contributed by atoms with Gasteiger partial charge in [0.1, 0.15) is 0 Å². The van der Waals surface area contributed by atoms with Crippen molar-refractivity contribution in [3.05, 3.63) is 52.5 Å². The number of carbonyl (C=O) groups excluding carboxylic acids is 1. The molecule has 5 nitrogen and oxygen atoms in total. The molecule has 0 aliphatic rings. The minimum Gasteiger partial charge on any atom is -0.332 e. The molecule has 0 saturated heterocycles. The van der Waals surface area contributed by atoms with E-state index in [0.29, 0.717) is 5.13 Å². The van der Waals surface area contributed by atoms with Gasteiger partial charge in [0, 0.05) is 22.6 Å². The molecule has 2 N–H and O–H groups in total. The van der Waals surface area contributed by atoms with Crippen molar-refractivity contribution in [2.75, 3.05) is 10.6 Å². The van der Waals surface area contributed by atoms with Gasteiger partial charge < -0.3 is 10.6 Å². The first kappa shape index (κ1) is 15.6. The number of aryl methyl sites for hydroxylation is 1. The van der Waals surface area contributed by atoms with Crippen LogP contribution in [0.3, 0.4) is 0 Å². The molecular formula is C16H16N4OS2. The molecule has 1 amide bonds. The second-order valence-corrected chi connectivity index (χ2v) is 6.63. The number of aromatic nitrogens is 2. The van der Waals surface area contributed by atoms with E-state index in [9.17, 15) is 4.79 Å². The van der Waals surface area contributed by atoms with Crippen LogP contribution in [0.5, 0.6) is 0 Å². The first-order chi connectivity index (χ1) is 11.2. The van der Waals surface area contributed by atoms with Crippen LogP contribution in [-0.4, -0.2) is 15.9 Å². The molecule has 0 radical (unpaired) electrons. The predicted molar refractivity (Wildman–Crippen MR) is 95.7 cm³/mol. The van der Waals surface area contributed by atoms with Crippen LogP contribution in [0.2, 0.25) is 0 Å². The smallest absolute Gasteiger partial charge is 0.232 e. The molecule has 2 aromatic heterocycles. The maximum Gasteiger partial charge on any atom is 0.232 e. The van der Waals surface area contributed by atoms with Crippen molar-refractivity contribution in [3.63, 3.8) is 0 Å². The van der Waals surface area contributed by atoms with Gasteiger partial charge in [0.2, 0.25) is 5.91 Å². The van der Waals surface area contributed by atoms with Crippen molar-refractivity contribution in [1.82, 2.24) is 9.97 Å². The Bertz CT molecular complexity index is 766. The lowest BCUT2D eigenvalue weighted by Crippen LogP contribution is -2.14. The number of hydrogen-bond donors (Lipinski definition) is 2. The van der Waals surface area contributed by atoms with Crippen LogP contribution in [0.15, 0.2) is 41.2 Å². The third kappa shape index (κ3) is 4.37. The summed E-state index contributed by atoms with van der Waals surface area (Å²) >= 11 is 2.89. The Kier molecular flexibility index (Phi) is 4.99. The second kappa shape index (κ2) is 7.34. The quantitative estimate of drug-likeness (QED) is 0.707. The Balaban J connectivity index is 1.57. The molecule has 0 aliphatic heterocycles. The van der Waals surface area contributed by atoms with Gasteiger partial charge in [-0.1, -0.05) is 19.1 Å². The highest BCUT2D eigenvalue weighted by Crippen LogP contribution is 2.22. The fourth-order valence-corrected chi connectivity index (χ4v) is 3.28. The van der Waals surface area contributed by atoms with E-state index in [1.54, 1.807) is 6.20 Å². The summed E-state index contributed by atoms with van der Waals surface area (Å²) in [6, 6.07) is 8.26. The number of hydrogen-bond acceptors (Lipinski definition) is 6. The average molecular weight is 344 g/mol. The molecule has 3 rings (SSSR count). The van der Waals surface area contributed by atoms with E-state index >= 15 is 0 Å². The summed E-state index contributed by atoms with van der Waals surface area (Å²) in [5, 5.41) is 11.1. The number of anilines is 3. The van der Waals surface area contributed by atoms with Crippen LogP contribution in [-0.2, 0) is 17.6 Å². The maximum absolute atomic E-state index is 11.9. The molecule has 1 aromatic carbocycles. The van der Waals surface area contributed by atoms with Crippen LogP contribution >= 0.6 is 22.7 Å². The van der Waals surface area contributed by atoms with E-state index in [2.05, 4.69) is 39.7 Å². The monoisotopic (exact) mass is 344 g/mol. The van der Waals surface area contributed by atoms with Crippen LogP contribution in [0.4, 0.5) is 16.0 Å². The zero-order valence-electron chi connectivity index (χ0n) is 12.6. The van der Waals surface area contributed by atoms with Crippen LogP contribution in [0.25, 0.3) is 0 Å². The largest absolute Gasteiger partial charge is 0.332 e. The number of carbonyl (C=O) groups is 1. The SMILES string of the molecule is CCc1ccc(Nc2nc(CC(=O)Nc3nccs3)cs2)cc1. The molecule has 0 aliphatic carbocycles. The van der Waals surface area contributed by atoms with Crippen molar-refractivity contribution in [1.29, 1.82) is 0 Å². The maximum atomic E-state index is 11.9. The number of thiazole rings is 2. The molecule has 23 heavy (non-hydrogen) atoms. The molecule has 2 heterocycles. The third-order valence-electron chi connectivity index (χ3n) is 3.19. The zero-order chi connectivity index (χ0) is 16.1. The fraction of sp³-hybridized carbons (Fsp3) is 0.188. The van der Waals surface area contributed by atoms with Crippen molar-refractivity contribution in [3.8, 4) is 0 Å². The van der Waals surface area contributed by atoms with Crippen molar-refractivity contribution in [2.24, 2.45) is 0 Å². The molecule has 3 aromatic rings. The first-order valence-corrected chi connectivity index (χ1v) is 8.98. The molecule has 0 bridgehead atoms. The Morgan fingerprint density at radius 2 is 2.00 bits per heavy atom. The first-order valence-electron chi connectivity index (χ1n) is 7.22. The highest BCUT2D eigenvalue weighted by atomic mass is 32.1. The Morgan fingerprint density at radius 3 is 2.70 bits per heavy atom.